The summed E-state index contributed by atoms with van der Waals surface area (Å²) in [5.74, 6) is 0.409. The molecule has 0 unspecified atom stereocenters. The van der Waals surface area contributed by atoms with E-state index in [1.807, 2.05) is 12.1 Å². The zero-order chi connectivity index (χ0) is 17.4. The van der Waals surface area contributed by atoms with Crippen molar-refractivity contribution < 1.29 is 13.2 Å². The number of pyridine rings is 2. The average Bonchev–Trinajstić information content (AvgIpc) is 3.05. The Morgan fingerprint density at radius 3 is 2.60 bits per heavy atom. The molecule has 1 aromatic carbocycles. The van der Waals surface area contributed by atoms with Crippen LogP contribution in [0, 0.1) is 0 Å². The molecule has 0 atom stereocenters. The molecule has 3 aromatic heterocycles. The van der Waals surface area contributed by atoms with Gasteiger partial charge in [-0.05, 0) is 36.4 Å². The van der Waals surface area contributed by atoms with Crippen molar-refractivity contribution in [2.75, 3.05) is 0 Å². The molecule has 0 fully saturated rings. The lowest BCUT2D eigenvalue weighted by Crippen LogP contribution is -2.04. The van der Waals surface area contributed by atoms with E-state index >= 15 is 0 Å². The van der Waals surface area contributed by atoms with Crippen molar-refractivity contribution in [3.05, 3.63) is 72.6 Å². The van der Waals surface area contributed by atoms with Crippen molar-refractivity contribution in [2.24, 2.45) is 0 Å². The van der Waals surface area contributed by atoms with Gasteiger partial charge in [0.1, 0.15) is 0 Å². The summed E-state index contributed by atoms with van der Waals surface area (Å²) in [5, 5.41) is 4.38. The van der Waals surface area contributed by atoms with Crippen molar-refractivity contribution in [1.29, 1.82) is 0 Å². The third-order valence-electron chi connectivity index (χ3n) is 3.75. The fourth-order valence-corrected chi connectivity index (χ4v) is 2.60. The van der Waals surface area contributed by atoms with Gasteiger partial charge in [-0.3, -0.25) is 4.98 Å². The van der Waals surface area contributed by atoms with Crippen LogP contribution in [0.4, 0.5) is 13.2 Å². The molecule has 0 amide bonds. The fourth-order valence-electron chi connectivity index (χ4n) is 2.60. The number of nitrogens with zero attached hydrogens (tertiary/aromatic N) is 4. The molecule has 0 bridgehead atoms. The molecule has 4 rings (SSSR count). The van der Waals surface area contributed by atoms with Gasteiger partial charge < -0.3 is 0 Å². The fraction of sp³-hybridized carbons (Fsp3) is 0.0556. The first kappa shape index (κ1) is 15.3. The molecule has 0 radical (unpaired) electrons. The zero-order valence-corrected chi connectivity index (χ0v) is 12.8. The van der Waals surface area contributed by atoms with Gasteiger partial charge in [0.05, 0.1) is 11.3 Å². The maximum atomic E-state index is 13.0. The summed E-state index contributed by atoms with van der Waals surface area (Å²) < 4.78 is 40.6. The lowest BCUT2D eigenvalue weighted by Gasteiger charge is -2.10. The van der Waals surface area contributed by atoms with E-state index in [1.165, 1.54) is 12.3 Å². The van der Waals surface area contributed by atoms with Gasteiger partial charge in [-0.1, -0.05) is 18.2 Å². The van der Waals surface area contributed by atoms with Crippen molar-refractivity contribution in [3.63, 3.8) is 0 Å². The third kappa shape index (κ3) is 2.84. The molecule has 0 aliphatic rings. The molecule has 0 saturated heterocycles. The molecule has 0 aliphatic carbocycles. The average molecular weight is 340 g/mol. The van der Waals surface area contributed by atoms with E-state index in [0.29, 0.717) is 28.3 Å². The highest BCUT2D eigenvalue weighted by Gasteiger charge is 2.30. The second kappa shape index (κ2) is 5.70. The van der Waals surface area contributed by atoms with Gasteiger partial charge in [0, 0.05) is 23.5 Å². The van der Waals surface area contributed by atoms with E-state index < -0.39 is 11.7 Å². The summed E-state index contributed by atoms with van der Waals surface area (Å²) in [6.45, 7) is 0. The molecule has 0 N–H and O–H groups in total. The number of rotatable bonds is 2. The van der Waals surface area contributed by atoms with Crippen LogP contribution >= 0.6 is 0 Å². The Morgan fingerprint density at radius 2 is 1.80 bits per heavy atom. The van der Waals surface area contributed by atoms with Crippen LogP contribution in [0.1, 0.15) is 5.56 Å². The van der Waals surface area contributed by atoms with E-state index in [-0.39, 0.29) is 0 Å². The van der Waals surface area contributed by atoms with Crippen molar-refractivity contribution in [3.8, 4) is 22.6 Å². The first-order valence-corrected chi connectivity index (χ1v) is 7.47. The minimum Gasteiger partial charge on any atom is -0.255 e. The number of aromatic nitrogens is 4. The van der Waals surface area contributed by atoms with Gasteiger partial charge in [0.15, 0.2) is 11.5 Å². The second-order valence-corrected chi connectivity index (χ2v) is 5.42. The monoisotopic (exact) mass is 340 g/mol. The molecule has 0 saturated carbocycles. The standard InChI is InChI=1S/C18H11F3N4/c19-18(20,21)13-6-3-5-12(11-13)16-14(7-4-9-22-16)17-23-15-8-1-2-10-25(15)24-17/h1-11H. The van der Waals surface area contributed by atoms with Crippen LogP contribution in [0.2, 0.25) is 0 Å². The molecule has 4 nitrogen and oxygen atoms in total. The smallest absolute Gasteiger partial charge is 0.255 e. The minimum absolute atomic E-state index is 0.365. The van der Waals surface area contributed by atoms with Crippen molar-refractivity contribution in [2.45, 2.75) is 6.18 Å². The van der Waals surface area contributed by atoms with E-state index in [0.717, 1.165) is 12.1 Å². The lowest BCUT2D eigenvalue weighted by atomic mass is 10.0. The van der Waals surface area contributed by atoms with Crippen molar-refractivity contribution >= 4 is 5.65 Å². The minimum atomic E-state index is -4.41. The van der Waals surface area contributed by atoms with E-state index in [4.69, 9.17) is 0 Å². The van der Waals surface area contributed by atoms with Crippen LogP contribution in [0.15, 0.2) is 67.0 Å². The number of halogens is 3. The predicted molar refractivity (Wildman–Crippen MR) is 86.7 cm³/mol. The summed E-state index contributed by atoms with van der Waals surface area (Å²) in [4.78, 5) is 8.69. The van der Waals surface area contributed by atoms with Gasteiger partial charge in [0.25, 0.3) is 0 Å². The highest BCUT2D eigenvalue weighted by atomic mass is 19.4. The molecule has 0 spiro atoms. The number of fused-ring (bicyclic) bond motifs is 1. The normalized spacial score (nSPS) is 11.8. The Labute approximate surface area is 140 Å². The van der Waals surface area contributed by atoms with Gasteiger partial charge in [-0.25, -0.2) is 9.50 Å². The lowest BCUT2D eigenvalue weighted by molar-refractivity contribution is -0.137. The SMILES string of the molecule is FC(F)(F)c1cccc(-c2ncccc2-c2nc3ccccn3n2)c1. The maximum absolute atomic E-state index is 13.0. The van der Waals surface area contributed by atoms with E-state index in [2.05, 4.69) is 15.1 Å². The predicted octanol–water partition coefficient (Wildman–Crippen LogP) is 4.48. The Bertz CT molecular complexity index is 1020. The molecule has 25 heavy (non-hydrogen) atoms. The van der Waals surface area contributed by atoms with Crippen LogP contribution < -0.4 is 0 Å². The van der Waals surface area contributed by atoms with Crippen LogP contribution in [0.3, 0.4) is 0 Å². The first-order chi connectivity index (χ1) is 12.0. The van der Waals surface area contributed by atoms with Crippen LogP contribution in [0.5, 0.6) is 0 Å². The van der Waals surface area contributed by atoms with E-state index in [1.54, 1.807) is 35.0 Å². The summed E-state index contributed by atoms with van der Waals surface area (Å²) in [6, 6.07) is 14.0. The summed E-state index contributed by atoms with van der Waals surface area (Å²) in [5.41, 5.74) is 1.28. The third-order valence-corrected chi connectivity index (χ3v) is 3.75. The van der Waals surface area contributed by atoms with Gasteiger partial charge >= 0.3 is 6.18 Å². The summed E-state index contributed by atoms with van der Waals surface area (Å²) >= 11 is 0. The first-order valence-electron chi connectivity index (χ1n) is 7.47. The molecule has 124 valence electrons. The van der Waals surface area contributed by atoms with Crippen molar-refractivity contribution in [1.82, 2.24) is 19.6 Å². The highest BCUT2D eigenvalue weighted by Crippen LogP contribution is 2.34. The van der Waals surface area contributed by atoms with Crippen LogP contribution in [0.25, 0.3) is 28.3 Å². The molecule has 3 heterocycles. The molecule has 0 aliphatic heterocycles. The zero-order valence-electron chi connectivity index (χ0n) is 12.8. The Kier molecular flexibility index (Phi) is 3.49. The highest BCUT2D eigenvalue weighted by molar-refractivity contribution is 5.78. The second-order valence-electron chi connectivity index (χ2n) is 5.42. The largest absolute Gasteiger partial charge is 0.416 e. The Morgan fingerprint density at radius 1 is 0.920 bits per heavy atom. The Balaban J connectivity index is 1.87. The summed E-state index contributed by atoms with van der Waals surface area (Å²) in [6.07, 6.45) is -1.12. The van der Waals surface area contributed by atoms with Crippen LogP contribution in [-0.4, -0.2) is 19.6 Å². The number of hydrogen-bond acceptors (Lipinski definition) is 3. The summed E-state index contributed by atoms with van der Waals surface area (Å²) in [7, 11) is 0. The molecule has 7 heteroatoms. The number of hydrogen-bond donors (Lipinski definition) is 0. The van der Waals surface area contributed by atoms with Crippen LogP contribution in [-0.2, 0) is 6.18 Å². The topological polar surface area (TPSA) is 43.1 Å². The number of alkyl halides is 3. The van der Waals surface area contributed by atoms with Gasteiger partial charge in [-0.2, -0.15) is 13.2 Å². The molecular formula is C18H11F3N4. The quantitative estimate of drug-likeness (QED) is 0.540. The maximum Gasteiger partial charge on any atom is 0.416 e. The molecule has 4 aromatic rings. The molecular weight excluding hydrogens is 329 g/mol. The van der Waals surface area contributed by atoms with Gasteiger partial charge in [-0.15, -0.1) is 5.10 Å². The number of benzene rings is 1. The van der Waals surface area contributed by atoms with E-state index in [9.17, 15) is 13.2 Å². The van der Waals surface area contributed by atoms with Gasteiger partial charge in [0.2, 0.25) is 0 Å². The Hall–Kier alpha value is -3.22.